The number of nitrogens with two attached hydrogens (primary N) is 1. The summed E-state index contributed by atoms with van der Waals surface area (Å²) in [5.41, 5.74) is 6.38. The van der Waals surface area contributed by atoms with Crippen molar-refractivity contribution in [3.8, 4) is 0 Å². The molecule has 0 fully saturated rings. The monoisotopic (exact) mass is 290 g/mol. The molecule has 1 amide bonds. The Morgan fingerprint density at radius 3 is 3.00 bits per heavy atom. The van der Waals surface area contributed by atoms with Gasteiger partial charge in [-0.25, -0.2) is 5.84 Å². The van der Waals surface area contributed by atoms with E-state index in [4.69, 9.17) is 5.84 Å². The van der Waals surface area contributed by atoms with E-state index in [0.29, 0.717) is 5.56 Å². The summed E-state index contributed by atoms with van der Waals surface area (Å²) < 4.78 is 4.43. The SMILES string of the molecule is CCc1cn2c3c(cc(C(=O)NN)cc13)N(C)SCC2. The minimum absolute atomic E-state index is 0.249. The Hall–Kier alpha value is -1.66. The molecule has 0 bridgehead atoms. The predicted octanol–water partition coefficient (Wildman–Crippen LogP) is 1.91. The molecule has 0 aliphatic carbocycles. The number of aryl methyl sites for hydroxylation is 2. The molecule has 106 valence electrons. The number of aromatic nitrogens is 1. The van der Waals surface area contributed by atoms with Gasteiger partial charge in [0.05, 0.1) is 11.2 Å². The fourth-order valence-corrected chi connectivity index (χ4v) is 3.58. The summed E-state index contributed by atoms with van der Waals surface area (Å²) in [6.45, 7) is 3.12. The van der Waals surface area contributed by atoms with Gasteiger partial charge in [-0.2, -0.15) is 0 Å². The molecule has 1 aliphatic heterocycles. The number of nitrogens with zero attached hydrogens (tertiary/aromatic N) is 2. The van der Waals surface area contributed by atoms with Gasteiger partial charge < -0.3 is 8.87 Å². The minimum atomic E-state index is -0.249. The van der Waals surface area contributed by atoms with E-state index in [1.54, 1.807) is 11.9 Å². The largest absolute Gasteiger partial charge is 0.345 e. The number of benzene rings is 1. The van der Waals surface area contributed by atoms with Crippen LogP contribution >= 0.6 is 11.9 Å². The van der Waals surface area contributed by atoms with Crippen LogP contribution in [0.25, 0.3) is 10.9 Å². The maximum Gasteiger partial charge on any atom is 0.265 e. The highest BCUT2D eigenvalue weighted by Crippen LogP contribution is 2.37. The van der Waals surface area contributed by atoms with Gasteiger partial charge in [-0.1, -0.05) is 6.92 Å². The summed E-state index contributed by atoms with van der Waals surface area (Å²) in [6, 6.07) is 3.86. The van der Waals surface area contributed by atoms with Crippen LogP contribution in [0.15, 0.2) is 18.3 Å². The Balaban J connectivity index is 2.33. The fraction of sp³-hybridized carbons (Fsp3) is 0.357. The van der Waals surface area contributed by atoms with Gasteiger partial charge in [-0.15, -0.1) is 0 Å². The second-order valence-electron chi connectivity index (χ2n) is 4.90. The highest BCUT2D eigenvalue weighted by molar-refractivity contribution is 8.00. The van der Waals surface area contributed by atoms with Crippen molar-refractivity contribution in [2.24, 2.45) is 5.84 Å². The van der Waals surface area contributed by atoms with Gasteiger partial charge in [0.1, 0.15) is 0 Å². The average Bonchev–Trinajstić information content (AvgIpc) is 2.74. The van der Waals surface area contributed by atoms with Crippen LogP contribution in [0.3, 0.4) is 0 Å². The molecule has 1 aromatic heterocycles. The van der Waals surface area contributed by atoms with Crippen LogP contribution in [-0.2, 0) is 13.0 Å². The minimum Gasteiger partial charge on any atom is -0.345 e. The number of nitrogens with one attached hydrogen (secondary N) is 1. The van der Waals surface area contributed by atoms with E-state index in [1.165, 1.54) is 11.1 Å². The van der Waals surface area contributed by atoms with Gasteiger partial charge in [-0.05, 0) is 36.1 Å². The van der Waals surface area contributed by atoms with E-state index >= 15 is 0 Å². The van der Waals surface area contributed by atoms with E-state index in [-0.39, 0.29) is 5.91 Å². The summed E-state index contributed by atoms with van der Waals surface area (Å²) >= 11 is 1.76. The molecular weight excluding hydrogens is 272 g/mol. The molecule has 6 heteroatoms. The third kappa shape index (κ3) is 1.96. The zero-order valence-electron chi connectivity index (χ0n) is 11.6. The fourth-order valence-electron chi connectivity index (χ4n) is 2.75. The molecule has 2 heterocycles. The summed E-state index contributed by atoms with van der Waals surface area (Å²) in [5.74, 6) is 6.05. The van der Waals surface area contributed by atoms with Crippen molar-refractivity contribution in [3.05, 3.63) is 29.5 Å². The normalized spacial score (nSPS) is 14.4. The van der Waals surface area contributed by atoms with Crippen molar-refractivity contribution in [1.29, 1.82) is 0 Å². The molecule has 3 rings (SSSR count). The molecule has 0 unspecified atom stereocenters. The quantitative estimate of drug-likeness (QED) is 0.384. The molecule has 5 nitrogen and oxygen atoms in total. The van der Waals surface area contributed by atoms with Crippen molar-refractivity contribution in [2.75, 3.05) is 17.1 Å². The van der Waals surface area contributed by atoms with Crippen LogP contribution < -0.4 is 15.6 Å². The van der Waals surface area contributed by atoms with Crippen LogP contribution in [0.5, 0.6) is 0 Å². The van der Waals surface area contributed by atoms with Crippen molar-refractivity contribution in [3.63, 3.8) is 0 Å². The van der Waals surface area contributed by atoms with E-state index in [1.807, 2.05) is 19.2 Å². The molecule has 0 saturated heterocycles. The molecule has 3 N–H and O–H groups in total. The first-order chi connectivity index (χ1) is 9.65. The van der Waals surface area contributed by atoms with Crippen LogP contribution in [0.1, 0.15) is 22.8 Å². The topological polar surface area (TPSA) is 63.3 Å². The Bertz CT molecular complexity index is 679. The molecule has 1 aliphatic rings. The number of anilines is 1. The summed E-state index contributed by atoms with van der Waals surface area (Å²) in [7, 11) is 2.04. The van der Waals surface area contributed by atoms with Crippen LogP contribution in [0.4, 0.5) is 5.69 Å². The first-order valence-corrected chi connectivity index (χ1v) is 7.63. The van der Waals surface area contributed by atoms with Crippen LogP contribution in [0, 0.1) is 0 Å². The molecular formula is C14H18N4OS. The average molecular weight is 290 g/mol. The van der Waals surface area contributed by atoms with Crippen LogP contribution in [0.2, 0.25) is 0 Å². The third-order valence-electron chi connectivity index (χ3n) is 3.77. The molecule has 20 heavy (non-hydrogen) atoms. The van der Waals surface area contributed by atoms with Gasteiger partial charge in [-0.3, -0.25) is 10.2 Å². The number of hydrogen-bond donors (Lipinski definition) is 2. The molecule has 2 aromatic rings. The number of carbonyl (C=O) groups is 1. The first-order valence-electron chi connectivity index (χ1n) is 6.69. The zero-order chi connectivity index (χ0) is 14.3. The lowest BCUT2D eigenvalue weighted by atomic mass is 10.1. The van der Waals surface area contributed by atoms with Gasteiger partial charge in [0.2, 0.25) is 0 Å². The van der Waals surface area contributed by atoms with E-state index in [9.17, 15) is 4.79 Å². The highest BCUT2D eigenvalue weighted by Gasteiger charge is 2.20. The van der Waals surface area contributed by atoms with E-state index in [2.05, 4.69) is 27.4 Å². The first kappa shape index (κ1) is 13.3. The Labute approximate surface area is 122 Å². The van der Waals surface area contributed by atoms with Crippen molar-refractivity contribution in [1.82, 2.24) is 9.99 Å². The second kappa shape index (κ2) is 5.03. The third-order valence-corrected chi connectivity index (χ3v) is 4.71. The van der Waals surface area contributed by atoms with Crippen molar-refractivity contribution in [2.45, 2.75) is 19.9 Å². The maximum atomic E-state index is 11.9. The lowest BCUT2D eigenvalue weighted by molar-refractivity contribution is 0.0954. The molecule has 0 atom stereocenters. The summed E-state index contributed by atoms with van der Waals surface area (Å²) in [6.07, 6.45) is 3.16. The second-order valence-corrected chi connectivity index (χ2v) is 6.11. The zero-order valence-corrected chi connectivity index (χ0v) is 12.5. The molecule has 0 radical (unpaired) electrons. The number of amides is 1. The number of hydrogen-bond acceptors (Lipinski definition) is 4. The van der Waals surface area contributed by atoms with Crippen molar-refractivity contribution < 1.29 is 4.79 Å². The van der Waals surface area contributed by atoms with Gasteiger partial charge in [0.15, 0.2) is 0 Å². The molecule has 0 spiro atoms. The van der Waals surface area contributed by atoms with Crippen molar-refractivity contribution >= 4 is 34.4 Å². The standard InChI is InChI=1S/C14H18N4OS/c1-3-9-8-18-4-5-20-17(2)12-7-10(14(19)16-15)6-11(9)13(12)18/h6-8H,3-5,15H2,1-2H3,(H,16,19). The maximum absolute atomic E-state index is 11.9. The van der Waals surface area contributed by atoms with Gasteiger partial charge in [0.25, 0.3) is 5.91 Å². The van der Waals surface area contributed by atoms with Gasteiger partial charge >= 0.3 is 0 Å². The lowest BCUT2D eigenvalue weighted by Gasteiger charge is -2.17. The predicted molar refractivity (Wildman–Crippen MR) is 83.8 cm³/mol. The van der Waals surface area contributed by atoms with Gasteiger partial charge in [0, 0.05) is 36.5 Å². The summed E-state index contributed by atoms with van der Waals surface area (Å²) in [5, 5.41) is 1.15. The summed E-state index contributed by atoms with van der Waals surface area (Å²) in [4.78, 5) is 11.9. The Morgan fingerprint density at radius 1 is 1.50 bits per heavy atom. The molecule has 0 saturated carbocycles. The Morgan fingerprint density at radius 2 is 2.30 bits per heavy atom. The number of carbonyl (C=O) groups excluding carboxylic acids is 1. The molecule has 1 aromatic carbocycles. The highest BCUT2D eigenvalue weighted by atomic mass is 32.2. The lowest BCUT2D eigenvalue weighted by Crippen LogP contribution is -2.30. The number of nitrogen functional groups attached to an aromatic ring is 1. The smallest absolute Gasteiger partial charge is 0.265 e. The van der Waals surface area contributed by atoms with E-state index < -0.39 is 0 Å². The number of hydrazine groups is 1. The van der Waals surface area contributed by atoms with E-state index in [0.717, 1.165) is 29.8 Å². The van der Waals surface area contributed by atoms with Crippen LogP contribution in [-0.4, -0.2) is 23.3 Å². The Kier molecular flexibility index (Phi) is 3.35. The number of rotatable bonds is 2.